The molecule has 0 radical (unpaired) electrons. The molecule has 1 atom stereocenters. The highest BCUT2D eigenvalue weighted by atomic mass is 19.4. The van der Waals surface area contributed by atoms with Crippen molar-refractivity contribution in [3.05, 3.63) is 59.2 Å². The molecule has 3 rings (SSSR count). The first-order valence-electron chi connectivity index (χ1n) is 6.87. The maximum Gasteiger partial charge on any atom is 0.450 e. The van der Waals surface area contributed by atoms with Crippen molar-refractivity contribution < 1.29 is 41.7 Å². The molecule has 2 N–H and O–H groups in total. The van der Waals surface area contributed by atoms with Gasteiger partial charge in [0.1, 0.15) is 5.82 Å². The number of ether oxygens (including phenoxy) is 1. The van der Waals surface area contributed by atoms with Gasteiger partial charge in [0, 0.05) is 16.7 Å². The van der Waals surface area contributed by atoms with E-state index in [-0.39, 0.29) is 0 Å². The van der Waals surface area contributed by atoms with E-state index in [9.17, 15) is 32.6 Å². The summed E-state index contributed by atoms with van der Waals surface area (Å²) in [4.78, 5) is 11.4. The molecule has 0 fully saturated rings. The molecule has 0 aliphatic carbocycles. The van der Waals surface area contributed by atoms with E-state index in [0.717, 1.165) is 31.4 Å². The van der Waals surface area contributed by atoms with E-state index in [1.165, 1.54) is 6.07 Å². The maximum absolute atomic E-state index is 14.9. The Balaban J connectivity index is 2.19. The van der Waals surface area contributed by atoms with Crippen LogP contribution in [0.5, 0.6) is 0 Å². The summed E-state index contributed by atoms with van der Waals surface area (Å²) in [6, 6.07) is 4.37. The number of halogens is 4. The second kappa shape index (κ2) is 5.27. The Bertz CT molecular complexity index is 896. The standard InChI is InChI=1S/C16H10F4O5/c1-15(12(22)11(21)14(23)25-15)9-4-2-3-7(10(9)17)8-5-6-24-13(8)16(18,19)20/h2-6,21-22H,1H3. The zero-order valence-electron chi connectivity index (χ0n) is 12.5. The van der Waals surface area contributed by atoms with E-state index >= 15 is 0 Å². The molecule has 132 valence electrons. The molecule has 1 unspecified atom stereocenters. The van der Waals surface area contributed by atoms with Crippen LogP contribution in [0, 0.1) is 5.82 Å². The first-order chi connectivity index (χ1) is 11.6. The van der Waals surface area contributed by atoms with Crippen molar-refractivity contribution in [1.82, 2.24) is 0 Å². The van der Waals surface area contributed by atoms with Crippen molar-refractivity contribution in [1.29, 1.82) is 0 Å². The van der Waals surface area contributed by atoms with Crippen LogP contribution in [0.25, 0.3) is 11.1 Å². The summed E-state index contributed by atoms with van der Waals surface area (Å²) in [6.45, 7) is 1.10. The Labute approximate surface area is 137 Å². The number of aliphatic hydroxyl groups is 2. The molecular formula is C16H10F4O5. The number of esters is 1. The number of benzene rings is 1. The first kappa shape index (κ1) is 16.9. The molecule has 2 heterocycles. The number of aliphatic hydroxyl groups excluding tert-OH is 2. The van der Waals surface area contributed by atoms with Crippen LogP contribution in [0.15, 0.2) is 46.5 Å². The second-order valence-electron chi connectivity index (χ2n) is 5.45. The average molecular weight is 358 g/mol. The van der Waals surface area contributed by atoms with Gasteiger partial charge in [-0.25, -0.2) is 9.18 Å². The lowest BCUT2D eigenvalue weighted by Crippen LogP contribution is -2.27. The number of carbonyl (C=O) groups is 1. The van der Waals surface area contributed by atoms with Crippen molar-refractivity contribution in [3.8, 4) is 11.1 Å². The summed E-state index contributed by atoms with van der Waals surface area (Å²) in [5.74, 6) is -5.85. The normalized spacial score (nSPS) is 20.9. The van der Waals surface area contributed by atoms with Gasteiger partial charge in [0.25, 0.3) is 0 Å². The highest BCUT2D eigenvalue weighted by molar-refractivity contribution is 5.90. The molecule has 0 saturated heterocycles. The molecular weight excluding hydrogens is 348 g/mol. The summed E-state index contributed by atoms with van der Waals surface area (Å²) in [5, 5.41) is 19.3. The molecule has 1 aromatic carbocycles. The fraction of sp³-hybridized carbons (Fsp3) is 0.188. The van der Waals surface area contributed by atoms with E-state index in [4.69, 9.17) is 4.74 Å². The molecule has 5 nitrogen and oxygen atoms in total. The predicted octanol–water partition coefficient (Wildman–Crippen LogP) is 4.20. The molecule has 0 amide bonds. The maximum atomic E-state index is 14.9. The average Bonchev–Trinajstić information content (AvgIpc) is 3.09. The van der Waals surface area contributed by atoms with E-state index in [2.05, 4.69) is 4.42 Å². The van der Waals surface area contributed by atoms with Crippen LogP contribution < -0.4 is 0 Å². The van der Waals surface area contributed by atoms with E-state index < -0.39 is 57.5 Å². The van der Waals surface area contributed by atoms with Crippen LogP contribution in [0.4, 0.5) is 17.6 Å². The molecule has 0 bridgehead atoms. The van der Waals surface area contributed by atoms with Gasteiger partial charge in [0.2, 0.25) is 11.5 Å². The van der Waals surface area contributed by atoms with E-state index in [1.807, 2.05) is 0 Å². The summed E-state index contributed by atoms with van der Waals surface area (Å²) in [5.41, 5.74) is -3.50. The Morgan fingerprint density at radius 1 is 1.12 bits per heavy atom. The van der Waals surface area contributed by atoms with Gasteiger partial charge >= 0.3 is 12.1 Å². The van der Waals surface area contributed by atoms with Crippen LogP contribution in [-0.2, 0) is 21.3 Å². The lowest BCUT2D eigenvalue weighted by atomic mass is 9.90. The molecule has 1 aliphatic rings. The monoisotopic (exact) mass is 358 g/mol. The number of hydrogen-bond acceptors (Lipinski definition) is 5. The quantitative estimate of drug-likeness (QED) is 0.621. The van der Waals surface area contributed by atoms with Crippen LogP contribution >= 0.6 is 0 Å². The highest BCUT2D eigenvalue weighted by Gasteiger charge is 2.48. The number of cyclic esters (lactones) is 1. The van der Waals surface area contributed by atoms with Crippen LogP contribution in [0.1, 0.15) is 18.2 Å². The summed E-state index contributed by atoms with van der Waals surface area (Å²) in [7, 11) is 0. The van der Waals surface area contributed by atoms with Gasteiger partial charge in [-0.05, 0) is 13.0 Å². The van der Waals surface area contributed by atoms with Gasteiger partial charge in [-0.1, -0.05) is 18.2 Å². The van der Waals surface area contributed by atoms with E-state index in [0.29, 0.717) is 0 Å². The lowest BCUT2D eigenvalue weighted by molar-refractivity contribution is -0.152. The van der Waals surface area contributed by atoms with Crippen LogP contribution in [-0.4, -0.2) is 16.2 Å². The Morgan fingerprint density at radius 2 is 1.80 bits per heavy atom. The van der Waals surface area contributed by atoms with Gasteiger partial charge in [-0.15, -0.1) is 0 Å². The predicted molar refractivity (Wildman–Crippen MR) is 74.8 cm³/mol. The molecule has 0 saturated carbocycles. The Kier molecular flexibility index (Phi) is 3.55. The topological polar surface area (TPSA) is 79.9 Å². The molecule has 0 spiro atoms. The minimum absolute atomic E-state index is 0.422. The van der Waals surface area contributed by atoms with Gasteiger partial charge in [-0.2, -0.15) is 13.2 Å². The molecule has 25 heavy (non-hydrogen) atoms. The zero-order chi connectivity index (χ0) is 18.6. The van der Waals surface area contributed by atoms with Gasteiger partial charge in [0.05, 0.1) is 6.26 Å². The Morgan fingerprint density at radius 3 is 2.36 bits per heavy atom. The minimum atomic E-state index is -4.84. The van der Waals surface area contributed by atoms with Crippen molar-refractivity contribution in [2.45, 2.75) is 18.7 Å². The number of hydrogen-bond donors (Lipinski definition) is 2. The molecule has 1 aliphatic heterocycles. The first-order valence-corrected chi connectivity index (χ1v) is 6.87. The van der Waals surface area contributed by atoms with Gasteiger partial charge in [0.15, 0.2) is 11.4 Å². The van der Waals surface area contributed by atoms with Crippen LogP contribution in [0.2, 0.25) is 0 Å². The van der Waals surface area contributed by atoms with Gasteiger partial charge < -0.3 is 19.4 Å². The zero-order valence-corrected chi connectivity index (χ0v) is 12.5. The van der Waals surface area contributed by atoms with E-state index in [1.54, 1.807) is 0 Å². The third-order valence-corrected chi connectivity index (χ3v) is 3.89. The molecule has 9 heteroatoms. The summed E-state index contributed by atoms with van der Waals surface area (Å²) < 4.78 is 63.1. The molecule has 1 aromatic heterocycles. The van der Waals surface area contributed by atoms with Gasteiger partial charge in [-0.3, -0.25) is 0 Å². The fourth-order valence-corrected chi connectivity index (χ4v) is 2.64. The fourth-order valence-electron chi connectivity index (χ4n) is 2.64. The number of rotatable bonds is 2. The minimum Gasteiger partial charge on any atom is -0.505 e. The highest BCUT2D eigenvalue weighted by Crippen LogP contribution is 2.44. The summed E-state index contributed by atoms with van der Waals surface area (Å²) >= 11 is 0. The lowest BCUT2D eigenvalue weighted by Gasteiger charge is -2.24. The second-order valence-corrected chi connectivity index (χ2v) is 5.45. The Hall–Kier alpha value is -2.97. The number of carbonyl (C=O) groups excluding carboxylic acids is 1. The SMILES string of the molecule is CC1(c2cccc(-c3ccoc3C(F)(F)F)c2F)OC(=O)C(O)=C1O. The summed E-state index contributed by atoms with van der Waals surface area (Å²) in [6.07, 6.45) is -4.07. The third-order valence-electron chi connectivity index (χ3n) is 3.89. The van der Waals surface area contributed by atoms with Crippen molar-refractivity contribution in [3.63, 3.8) is 0 Å². The largest absolute Gasteiger partial charge is 0.505 e. The third kappa shape index (κ3) is 2.43. The van der Waals surface area contributed by atoms with Crippen LogP contribution in [0.3, 0.4) is 0 Å². The number of alkyl halides is 3. The molecule has 2 aromatic rings. The number of furan rings is 1. The van der Waals surface area contributed by atoms with Crippen molar-refractivity contribution in [2.24, 2.45) is 0 Å². The van der Waals surface area contributed by atoms with Crippen molar-refractivity contribution in [2.75, 3.05) is 0 Å². The smallest absolute Gasteiger partial charge is 0.450 e. The van der Waals surface area contributed by atoms with Crippen molar-refractivity contribution >= 4 is 5.97 Å².